The molecule has 7 heteroatoms. The smallest absolute Gasteiger partial charge is 0.302 e. The van der Waals surface area contributed by atoms with Crippen molar-refractivity contribution in [1.82, 2.24) is 0 Å². The first-order valence-corrected chi connectivity index (χ1v) is 16.1. The third-order valence-corrected chi connectivity index (χ3v) is 14.7. The number of nitrogens with zero attached hydrogens (tertiary/aromatic N) is 1. The van der Waals surface area contributed by atoms with Crippen LogP contribution in [0.15, 0.2) is 11.1 Å². The lowest BCUT2D eigenvalue weighted by molar-refractivity contribution is -0.494. The Morgan fingerprint density at radius 1 is 0.976 bits per heavy atom. The number of nitro groups is 1. The van der Waals surface area contributed by atoms with Gasteiger partial charge >= 0.3 is 5.97 Å². The summed E-state index contributed by atoms with van der Waals surface area (Å²) in [6, 6.07) is 0. The van der Waals surface area contributed by atoms with Crippen LogP contribution in [0.1, 0.15) is 120 Å². The molecule has 0 unspecified atom stereocenters. The van der Waals surface area contributed by atoms with Gasteiger partial charge in [0, 0.05) is 29.1 Å². The van der Waals surface area contributed by atoms with Crippen LogP contribution in [0.5, 0.6) is 0 Å². The van der Waals surface area contributed by atoms with E-state index in [1.807, 2.05) is 0 Å². The number of Topliss-reactive ketones (excluding diaryl/α,β-unsaturated/α-hetero) is 1. The summed E-state index contributed by atoms with van der Waals surface area (Å²) in [6.07, 6.45) is 6.46. The molecule has 4 saturated carbocycles. The Morgan fingerprint density at radius 3 is 2.17 bits per heavy atom. The fraction of sp³-hybridized carbons (Fsp3) is 0.882. The number of ether oxygens (including phenoxy) is 1. The van der Waals surface area contributed by atoms with Crippen molar-refractivity contribution < 1.29 is 24.4 Å². The van der Waals surface area contributed by atoms with Crippen LogP contribution >= 0.6 is 0 Å². The van der Waals surface area contributed by atoms with Gasteiger partial charge in [-0.25, -0.2) is 0 Å². The molecule has 0 bridgehead atoms. The van der Waals surface area contributed by atoms with Crippen molar-refractivity contribution in [3.8, 4) is 0 Å². The van der Waals surface area contributed by atoms with Crippen LogP contribution in [-0.4, -0.2) is 40.5 Å². The standard InChI is InChI=1S/C34H53NO6/c1-20(2)27-23(37)18-34(25(38)19-35(39)40)17-16-30(6)22(28(27)34)10-14-33(9)31(7)13-12-26(41-21(3)36)29(4,5)24(31)11-15-32(30,33)8/h20,22,24-26,38H,10-19H2,1-9H3/t22-,24+,25-,26+,30-,31+,32+,33-,34+/m1/s1. The first kappa shape index (κ1) is 30.7. The number of aliphatic hydroxyl groups is 1. The molecule has 0 saturated heterocycles. The van der Waals surface area contributed by atoms with Gasteiger partial charge in [0.05, 0.1) is 0 Å². The number of allylic oxidation sites excluding steroid dienone is 1. The molecule has 9 atom stereocenters. The fourth-order valence-electron chi connectivity index (χ4n) is 12.2. The Bertz CT molecular complexity index is 1190. The number of rotatable bonds is 5. The lowest BCUT2D eigenvalue weighted by Gasteiger charge is -2.76. The molecule has 5 aliphatic rings. The summed E-state index contributed by atoms with van der Waals surface area (Å²) < 4.78 is 5.90. The van der Waals surface area contributed by atoms with Gasteiger partial charge in [-0.15, -0.1) is 0 Å². The Hall–Kier alpha value is -1.76. The molecule has 0 radical (unpaired) electrons. The molecule has 1 N–H and O–H groups in total. The van der Waals surface area contributed by atoms with Crippen LogP contribution in [0.2, 0.25) is 0 Å². The van der Waals surface area contributed by atoms with Gasteiger partial charge in [-0.3, -0.25) is 19.7 Å². The summed E-state index contributed by atoms with van der Waals surface area (Å²) in [6.45, 7) is 19.7. The van der Waals surface area contributed by atoms with Gasteiger partial charge in [0.1, 0.15) is 12.2 Å². The van der Waals surface area contributed by atoms with E-state index in [4.69, 9.17) is 4.74 Å². The first-order chi connectivity index (χ1) is 18.8. The highest BCUT2D eigenvalue weighted by Crippen LogP contribution is 2.81. The predicted octanol–water partition coefficient (Wildman–Crippen LogP) is 6.93. The van der Waals surface area contributed by atoms with Crippen molar-refractivity contribution in [3.05, 3.63) is 21.3 Å². The second kappa shape index (κ2) is 9.37. The van der Waals surface area contributed by atoms with Crippen molar-refractivity contribution in [1.29, 1.82) is 0 Å². The van der Waals surface area contributed by atoms with Crippen molar-refractivity contribution >= 4 is 11.8 Å². The lowest BCUT2D eigenvalue weighted by Crippen LogP contribution is -2.70. The van der Waals surface area contributed by atoms with E-state index >= 15 is 0 Å². The van der Waals surface area contributed by atoms with E-state index in [0.717, 1.165) is 56.1 Å². The molecule has 5 rings (SSSR count). The molecular weight excluding hydrogens is 518 g/mol. The van der Waals surface area contributed by atoms with Gasteiger partial charge in [-0.1, -0.05) is 61.0 Å². The van der Waals surface area contributed by atoms with Gasteiger partial charge in [0.2, 0.25) is 6.54 Å². The molecule has 41 heavy (non-hydrogen) atoms. The van der Waals surface area contributed by atoms with Crippen LogP contribution in [0.3, 0.4) is 0 Å². The molecule has 7 nitrogen and oxygen atoms in total. The zero-order chi connectivity index (χ0) is 30.6. The summed E-state index contributed by atoms with van der Waals surface area (Å²) in [4.78, 5) is 36.8. The van der Waals surface area contributed by atoms with Gasteiger partial charge in [0.25, 0.3) is 0 Å². The number of carbonyl (C=O) groups is 2. The molecule has 0 aliphatic heterocycles. The Labute approximate surface area is 246 Å². The van der Waals surface area contributed by atoms with E-state index in [9.17, 15) is 24.8 Å². The molecular formula is C34H53NO6. The van der Waals surface area contributed by atoms with Crippen molar-refractivity contribution in [2.45, 2.75) is 132 Å². The maximum Gasteiger partial charge on any atom is 0.302 e. The van der Waals surface area contributed by atoms with Gasteiger partial charge < -0.3 is 9.84 Å². The van der Waals surface area contributed by atoms with Crippen molar-refractivity contribution in [2.24, 2.45) is 50.2 Å². The molecule has 230 valence electrons. The zero-order valence-electron chi connectivity index (χ0n) is 26.9. The molecule has 0 heterocycles. The lowest BCUT2D eigenvalue weighted by atomic mass is 9.28. The van der Waals surface area contributed by atoms with E-state index in [-0.39, 0.29) is 63.2 Å². The molecule has 0 spiro atoms. The van der Waals surface area contributed by atoms with Crippen LogP contribution in [0.25, 0.3) is 0 Å². The van der Waals surface area contributed by atoms with Crippen LogP contribution in [0, 0.1) is 60.4 Å². The van der Waals surface area contributed by atoms with Crippen LogP contribution < -0.4 is 0 Å². The molecule has 0 aromatic heterocycles. The van der Waals surface area contributed by atoms with Crippen molar-refractivity contribution in [2.75, 3.05) is 6.54 Å². The molecule has 0 aromatic rings. The van der Waals surface area contributed by atoms with Gasteiger partial charge in [-0.2, -0.15) is 0 Å². The second-order valence-corrected chi connectivity index (χ2v) is 16.4. The SMILES string of the molecule is CC(=O)O[C@H]1CC[C@@]2(C)[C@@H](CC[C@]3(C)[C@]2(C)CC[C@@H]2C4=C(C(C)C)C(=O)C[C@]4([C@H](O)C[N+](=O)[O-])CC[C@]23C)C1(C)C. The zero-order valence-corrected chi connectivity index (χ0v) is 26.9. The monoisotopic (exact) mass is 571 g/mol. The number of esters is 1. The van der Waals surface area contributed by atoms with Crippen LogP contribution in [0.4, 0.5) is 0 Å². The number of hydrogen-bond acceptors (Lipinski definition) is 6. The Kier molecular flexibility index (Phi) is 7.01. The summed E-state index contributed by atoms with van der Waals surface area (Å²) >= 11 is 0. The Balaban J connectivity index is 1.60. The van der Waals surface area contributed by atoms with E-state index < -0.39 is 23.0 Å². The second-order valence-electron chi connectivity index (χ2n) is 16.4. The maximum atomic E-state index is 13.6. The quantitative estimate of drug-likeness (QED) is 0.218. The van der Waals surface area contributed by atoms with E-state index in [1.54, 1.807) is 0 Å². The van der Waals surface area contributed by atoms with Crippen molar-refractivity contribution in [3.63, 3.8) is 0 Å². The van der Waals surface area contributed by atoms with Gasteiger partial charge in [-0.05, 0) is 96.4 Å². The largest absolute Gasteiger partial charge is 0.462 e. The number of carbonyl (C=O) groups excluding carboxylic acids is 2. The summed E-state index contributed by atoms with van der Waals surface area (Å²) in [7, 11) is 0. The Morgan fingerprint density at radius 2 is 1.59 bits per heavy atom. The average Bonchev–Trinajstić information content (AvgIpc) is 3.16. The average molecular weight is 572 g/mol. The van der Waals surface area contributed by atoms with Gasteiger partial charge in [0.15, 0.2) is 5.78 Å². The van der Waals surface area contributed by atoms with Crippen LogP contribution in [-0.2, 0) is 14.3 Å². The minimum absolute atomic E-state index is 0.0144. The summed E-state index contributed by atoms with van der Waals surface area (Å²) in [5.74, 6) is 0.467. The topological polar surface area (TPSA) is 107 Å². The number of fused-ring (bicyclic) bond motifs is 7. The fourth-order valence-corrected chi connectivity index (χ4v) is 12.2. The highest BCUT2D eigenvalue weighted by Gasteiger charge is 2.75. The number of ketones is 1. The third-order valence-electron chi connectivity index (χ3n) is 14.7. The normalized spacial score (nSPS) is 45.8. The summed E-state index contributed by atoms with van der Waals surface area (Å²) in [5, 5.41) is 23.0. The van der Waals surface area contributed by atoms with E-state index in [2.05, 4.69) is 55.4 Å². The maximum absolute atomic E-state index is 13.6. The van der Waals surface area contributed by atoms with E-state index in [0.29, 0.717) is 12.3 Å². The predicted molar refractivity (Wildman–Crippen MR) is 157 cm³/mol. The van der Waals surface area contributed by atoms with E-state index in [1.165, 1.54) is 6.92 Å². The molecule has 0 amide bonds. The number of hydrogen-bond donors (Lipinski definition) is 1. The highest BCUT2D eigenvalue weighted by atomic mass is 16.6. The number of aliphatic hydroxyl groups excluding tert-OH is 1. The minimum atomic E-state index is -1.15. The third kappa shape index (κ3) is 3.78. The summed E-state index contributed by atoms with van der Waals surface area (Å²) in [5.41, 5.74) is 0.974. The first-order valence-electron chi connectivity index (χ1n) is 16.1. The molecule has 4 fully saturated rings. The highest BCUT2D eigenvalue weighted by molar-refractivity contribution is 6.00. The molecule has 5 aliphatic carbocycles. The molecule has 0 aromatic carbocycles. The minimum Gasteiger partial charge on any atom is -0.462 e.